The van der Waals surface area contributed by atoms with Crippen molar-refractivity contribution in [3.63, 3.8) is 0 Å². The van der Waals surface area contributed by atoms with Gasteiger partial charge in [0.15, 0.2) is 9.92 Å². The first-order chi connectivity index (χ1) is 14.1. The number of aromatic nitrogens is 3. The quantitative estimate of drug-likeness (QED) is 0.353. The van der Waals surface area contributed by atoms with E-state index >= 15 is 0 Å². The van der Waals surface area contributed by atoms with Crippen molar-refractivity contribution < 1.29 is 13.6 Å². The van der Waals surface area contributed by atoms with Gasteiger partial charge in [-0.1, -0.05) is 47.4 Å². The molecule has 4 aromatic rings. The van der Waals surface area contributed by atoms with E-state index in [0.717, 1.165) is 5.56 Å². The van der Waals surface area contributed by atoms with E-state index in [2.05, 4.69) is 15.5 Å². The fourth-order valence-electron chi connectivity index (χ4n) is 2.67. The molecule has 0 atom stereocenters. The third-order valence-corrected chi connectivity index (χ3v) is 6.11. The van der Waals surface area contributed by atoms with Gasteiger partial charge < -0.3 is 9.73 Å². The highest BCUT2D eigenvalue weighted by Crippen LogP contribution is 2.28. The van der Waals surface area contributed by atoms with E-state index in [1.165, 1.54) is 39.8 Å². The van der Waals surface area contributed by atoms with Crippen LogP contribution in [0.5, 0.6) is 0 Å². The number of anilines is 1. The third-order valence-electron chi connectivity index (χ3n) is 4.06. The summed E-state index contributed by atoms with van der Waals surface area (Å²) in [5.74, 6) is -0.410. The number of benzene rings is 2. The number of rotatable bonds is 7. The normalized spacial score (nSPS) is 11.1. The van der Waals surface area contributed by atoms with Crippen LogP contribution in [-0.4, -0.2) is 20.7 Å². The number of oxazole rings is 1. The second-order valence-electron chi connectivity index (χ2n) is 6.07. The molecule has 148 valence electrons. The van der Waals surface area contributed by atoms with Gasteiger partial charge in [-0.25, -0.2) is 9.18 Å². The summed E-state index contributed by atoms with van der Waals surface area (Å²) in [6.45, 7) is 0.201. The molecule has 0 unspecified atom stereocenters. The fourth-order valence-corrected chi connectivity index (χ4v) is 4.39. The van der Waals surface area contributed by atoms with Crippen molar-refractivity contribution in [2.45, 2.75) is 23.1 Å². The molecule has 0 fully saturated rings. The van der Waals surface area contributed by atoms with Crippen molar-refractivity contribution in [3.05, 3.63) is 70.5 Å². The maximum Gasteiger partial charge on any atom is 0.419 e. The molecule has 7 nitrogen and oxygen atoms in total. The van der Waals surface area contributed by atoms with E-state index in [1.54, 1.807) is 36.4 Å². The fraction of sp³-hybridized carbons (Fsp3) is 0.158. The summed E-state index contributed by atoms with van der Waals surface area (Å²) in [6.07, 6.45) is 0.0983. The molecular formula is C19H15FN4O3S2. The molecule has 0 saturated heterocycles. The van der Waals surface area contributed by atoms with Crippen LogP contribution in [0, 0.1) is 5.82 Å². The minimum Gasteiger partial charge on any atom is -0.408 e. The number of carbonyl (C=O) groups is 1. The maximum absolute atomic E-state index is 12.9. The highest BCUT2D eigenvalue weighted by molar-refractivity contribution is 8.00. The van der Waals surface area contributed by atoms with E-state index < -0.39 is 5.76 Å². The molecule has 0 aliphatic rings. The van der Waals surface area contributed by atoms with Gasteiger partial charge in [-0.15, -0.1) is 10.2 Å². The molecule has 1 N–H and O–H groups in total. The number of fused-ring (bicyclic) bond motifs is 1. The van der Waals surface area contributed by atoms with Gasteiger partial charge >= 0.3 is 5.76 Å². The van der Waals surface area contributed by atoms with Gasteiger partial charge in [0.25, 0.3) is 0 Å². The van der Waals surface area contributed by atoms with Gasteiger partial charge in [0.05, 0.1) is 5.52 Å². The van der Waals surface area contributed by atoms with E-state index in [-0.39, 0.29) is 24.7 Å². The largest absolute Gasteiger partial charge is 0.419 e. The van der Waals surface area contributed by atoms with Crippen molar-refractivity contribution in [3.8, 4) is 0 Å². The lowest BCUT2D eigenvalue weighted by Gasteiger charge is -2.02. The molecular weight excluding hydrogens is 415 g/mol. The minimum atomic E-state index is -0.491. The molecule has 0 bridgehead atoms. The lowest BCUT2D eigenvalue weighted by Crippen LogP contribution is -2.19. The highest BCUT2D eigenvalue weighted by Gasteiger charge is 2.12. The number of para-hydroxylation sites is 2. The first kappa shape index (κ1) is 19.3. The molecule has 2 aromatic heterocycles. The topological polar surface area (TPSA) is 90.0 Å². The van der Waals surface area contributed by atoms with E-state index in [0.29, 0.717) is 26.3 Å². The van der Waals surface area contributed by atoms with Gasteiger partial charge in [0.2, 0.25) is 11.0 Å². The Kier molecular flexibility index (Phi) is 5.72. The maximum atomic E-state index is 12.9. The van der Waals surface area contributed by atoms with Crippen LogP contribution >= 0.6 is 23.1 Å². The molecule has 0 spiro atoms. The summed E-state index contributed by atoms with van der Waals surface area (Å²) in [5, 5.41) is 11.1. The molecule has 0 aliphatic carbocycles. The number of nitrogens with one attached hydrogen (secondary N) is 1. The Balaban J connectivity index is 1.31. The van der Waals surface area contributed by atoms with E-state index in [9.17, 15) is 14.0 Å². The summed E-state index contributed by atoms with van der Waals surface area (Å²) in [6, 6.07) is 13.3. The number of amides is 1. The number of nitrogens with zero attached hydrogens (tertiary/aromatic N) is 3. The Labute approximate surface area is 172 Å². The molecule has 4 rings (SSSR count). The molecule has 29 heavy (non-hydrogen) atoms. The zero-order valence-electron chi connectivity index (χ0n) is 15.0. The van der Waals surface area contributed by atoms with Crippen LogP contribution in [0.4, 0.5) is 9.52 Å². The molecule has 1 amide bonds. The van der Waals surface area contributed by atoms with Crippen LogP contribution in [0.3, 0.4) is 0 Å². The van der Waals surface area contributed by atoms with Crippen LogP contribution in [-0.2, 0) is 17.1 Å². The molecule has 0 radical (unpaired) electrons. The predicted molar refractivity (Wildman–Crippen MR) is 110 cm³/mol. The van der Waals surface area contributed by atoms with Crippen LogP contribution in [0.2, 0.25) is 0 Å². The Hall–Kier alpha value is -2.98. The Bertz CT molecular complexity index is 1200. The van der Waals surface area contributed by atoms with Crippen LogP contribution in [0.1, 0.15) is 12.0 Å². The second-order valence-corrected chi connectivity index (χ2v) is 8.27. The zero-order chi connectivity index (χ0) is 20.2. The van der Waals surface area contributed by atoms with Crippen molar-refractivity contribution >= 4 is 45.2 Å². The van der Waals surface area contributed by atoms with Crippen LogP contribution in [0.25, 0.3) is 11.1 Å². The van der Waals surface area contributed by atoms with E-state index in [4.69, 9.17) is 4.42 Å². The summed E-state index contributed by atoms with van der Waals surface area (Å²) in [7, 11) is 0. The minimum absolute atomic E-state index is 0.0983. The summed E-state index contributed by atoms with van der Waals surface area (Å²) in [5.41, 5.74) is 2.11. The first-order valence-electron chi connectivity index (χ1n) is 8.67. The van der Waals surface area contributed by atoms with Gasteiger partial charge in [0.1, 0.15) is 5.82 Å². The average Bonchev–Trinajstić information content (AvgIpc) is 3.29. The number of hydrogen-bond acceptors (Lipinski definition) is 7. The summed E-state index contributed by atoms with van der Waals surface area (Å²) < 4.78 is 20.2. The Morgan fingerprint density at radius 2 is 1.97 bits per heavy atom. The number of aryl methyl sites for hydroxylation is 1. The van der Waals surface area contributed by atoms with Crippen LogP contribution in [0.15, 0.2) is 62.1 Å². The van der Waals surface area contributed by atoms with Gasteiger partial charge in [0, 0.05) is 18.7 Å². The van der Waals surface area contributed by atoms with Crippen molar-refractivity contribution in [2.75, 3.05) is 5.32 Å². The number of hydrogen-bond donors (Lipinski definition) is 1. The van der Waals surface area contributed by atoms with Crippen molar-refractivity contribution in [1.29, 1.82) is 0 Å². The predicted octanol–water partition coefficient (Wildman–Crippen LogP) is 3.91. The molecule has 10 heteroatoms. The smallest absolute Gasteiger partial charge is 0.408 e. The zero-order valence-corrected chi connectivity index (χ0v) is 16.6. The molecule has 2 aromatic carbocycles. The van der Waals surface area contributed by atoms with E-state index in [1.807, 2.05) is 0 Å². The molecule has 0 saturated carbocycles. The Morgan fingerprint density at radius 1 is 1.17 bits per heavy atom. The monoisotopic (exact) mass is 430 g/mol. The Morgan fingerprint density at radius 3 is 2.79 bits per heavy atom. The average molecular weight is 430 g/mol. The summed E-state index contributed by atoms with van der Waals surface area (Å²) in [4.78, 5) is 24.2. The molecule has 0 aliphatic heterocycles. The standard InChI is InChI=1S/C19H15FN4O3S2/c20-13-7-5-12(6-8-13)11-28-18-23-22-17(29-18)21-16(25)9-10-24-14-3-1-2-4-15(14)27-19(24)26/h1-8H,9-11H2,(H,21,22,25). The van der Waals surface area contributed by atoms with Crippen molar-refractivity contribution in [2.24, 2.45) is 0 Å². The van der Waals surface area contributed by atoms with Gasteiger partial charge in [-0.2, -0.15) is 0 Å². The number of halogens is 1. The lowest BCUT2D eigenvalue weighted by molar-refractivity contribution is -0.116. The summed E-state index contributed by atoms with van der Waals surface area (Å²) >= 11 is 2.72. The van der Waals surface area contributed by atoms with Crippen molar-refractivity contribution in [1.82, 2.24) is 14.8 Å². The lowest BCUT2D eigenvalue weighted by atomic mass is 10.2. The third kappa shape index (κ3) is 4.72. The second kappa shape index (κ2) is 8.58. The number of thioether (sulfide) groups is 1. The first-order valence-corrected chi connectivity index (χ1v) is 10.5. The van der Waals surface area contributed by atoms with Gasteiger partial charge in [-0.05, 0) is 29.8 Å². The number of carbonyl (C=O) groups excluding carboxylic acids is 1. The SMILES string of the molecule is O=C(CCn1c(=O)oc2ccccc21)Nc1nnc(SCc2ccc(F)cc2)s1. The van der Waals surface area contributed by atoms with Crippen LogP contribution < -0.4 is 11.1 Å². The molecule has 2 heterocycles. The highest BCUT2D eigenvalue weighted by atomic mass is 32.2. The van der Waals surface area contributed by atoms with Gasteiger partial charge in [-0.3, -0.25) is 9.36 Å².